The third-order valence-electron chi connectivity index (χ3n) is 7.21. The predicted octanol–water partition coefficient (Wildman–Crippen LogP) is 2.41. The van der Waals surface area contributed by atoms with Crippen LogP contribution in [0.25, 0.3) is 11.1 Å². The van der Waals surface area contributed by atoms with Crippen LogP contribution in [0.3, 0.4) is 0 Å². The van der Waals surface area contributed by atoms with E-state index in [0.717, 1.165) is 22.3 Å². The summed E-state index contributed by atoms with van der Waals surface area (Å²) in [5.41, 5.74) is 2.88. The topological polar surface area (TPSA) is 102 Å². The molecule has 0 unspecified atom stereocenters. The number of carbonyl (C=O) groups excluding carboxylic acids is 2. The number of benzene rings is 3. The molecule has 3 aromatic carbocycles. The van der Waals surface area contributed by atoms with E-state index in [1.165, 1.54) is 4.90 Å². The third kappa shape index (κ3) is 4.21. The molecule has 1 aliphatic carbocycles. The van der Waals surface area contributed by atoms with E-state index in [2.05, 4.69) is 10.5 Å². The first kappa shape index (κ1) is 24.2. The molecule has 0 bridgehead atoms. The monoisotopic (exact) mass is 483 g/mol. The standard InChI is InChI=1S/C28H30BN3O4/c1-29(36)31-18-20-10-3-2-9-19(20)17-30-26(33)25-15-8-16-32(25)27(34)28(35)23-13-6-4-11-21(23)22-12-5-7-14-24(22)28/h2-7,9-14,25,31,35-36H,8,15-18H2,1H3,(H,30,33)/t25-/m0/s1. The maximum absolute atomic E-state index is 14.0. The Morgan fingerprint density at radius 2 is 1.50 bits per heavy atom. The van der Waals surface area contributed by atoms with Gasteiger partial charge in [0.2, 0.25) is 5.91 Å². The van der Waals surface area contributed by atoms with Crippen LogP contribution in [0.5, 0.6) is 0 Å². The van der Waals surface area contributed by atoms with Crippen LogP contribution >= 0.6 is 0 Å². The normalized spacial score (nSPS) is 17.4. The molecule has 1 heterocycles. The Bertz CT molecular complexity index is 1250. The second-order valence-corrected chi connectivity index (χ2v) is 9.50. The van der Waals surface area contributed by atoms with E-state index in [4.69, 9.17) is 0 Å². The minimum atomic E-state index is -1.82. The number of likely N-dealkylation sites (tertiary alicyclic amines) is 1. The van der Waals surface area contributed by atoms with Gasteiger partial charge >= 0.3 is 7.05 Å². The summed E-state index contributed by atoms with van der Waals surface area (Å²) in [6.07, 6.45) is 1.24. The summed E-state index contributed by atoms with van der Waals surface area (Å²) in [5, 5.41) is 27.4. The molecule has 2 aliphatic rings. The van der Waals surface area contributed by atoms with Crippen molar-refractivity contribution in [2.45, 2.75) is 44.4 Å². The average Bonchev–Trinajstić information content (AvgIpc) is 3.49. The van der Waals surface area contributed by atoms with Gasteiger partial charge < -0.3 is 25.6 Å². The van der Waals surface area contributed by atoms with E-state index in [1.54, 1.807) is 19.0 Å². The number of aliphatic hydroxyl groups is 1. The molecule has 8 heteroatoms. The lowest BCUT2D eigenvalue weighted by molar-refractivity contribution is -0.151. The van der Waals surface area contributed by atoms with Gasteiger partial charge in [0.05, 0.1) is 0 Å². The van der Waals surface area contributed by atoms with Gasteiger partial charge in [-0.05, 0) is 41.9 Å². The van der Waals surface area contributed by atoms with Crippen molar-refractivity contribution in [2.75, 3.05) is 6.54 Å². The first-order valence-electron chi connectivity index (χ1n) is 12.4. The Kier molecular flexibility index (Phi) is 6.66. The zero-order valence-electron chi connectivity index (χ0n) is 20.3. The molecule has 0 radical (unpaired) electrons. The fourth-order valence-corrected chi connectivity index (χ4v) is 5.39. The molecule has 1 atom stereocenters. The number of fused-ring (bicyclic) bond motifs is 3. The van der Waals surface area contributed by atoms with Crippen LogP contribution in [0.15, 0.2) is 72.8 Å². The lowest BCUT2D eigenvalue weighted by Crippen LogP contribution is -2.52. The Morgan fingerprint density at radius 1 is 0.944 bits per heavy atom. The molecular formula is C28H30BN3O4. The van der Waals surface area contributed by atoms with Crippen LogP contribution in [0, 0.1) is 0 Å². The van der Waals surface area contributed by atoms with Crippen LogP contribution < -0.4 is 10.5 Å². The van der Waals surface area contributed by atoms with Crippen molar-refractivity contribution in [2.24, 2.45) is 0 Å². The smallest absolute Gasteiger partial charge is 0.373 e. The predicted molar refractivity (Wildman–Crippen MR) is 139 cm³/mol. The van der Waals surface area contributed by atoms with Gasteiger partial charge in [-0.25, -0.2) is 0 Å². The molecule has 0 aromatic heterocycles. The second-order valence-electron chi connectivity index (χ2n) is 9.50. The number of nitrogens with one attached hydrogen (secondary N) is 2. The van der Waals surface area contributed by atoms with Crippen molar-refractivity contribution in [3.05, 3.63) is 95.1 Å². The van der Waals surface area contributed by atoms with E-state index in [-0.39, 0.29) is 5.91 Å². The van der Waals surface area contributed by atoms with Gasteiger partial charge in [-0.1, -0.05) is 72.8 Å². The van der Waals surface area contributed by atoms with Crippen molar-refractivity contribution in [3.63, 3.8) is 0 Å². The van der Waals surface area contributed by atoms with E-state index < -0.39 is 24.6 Å². The molecule has 4 N–H and O–H groups in total. The molecule has 1 fully saturated rings. The van der Waals surface area contributed by atoms with E-state index in [1.807, 2.05) is 60.7 Å². The number of amides is 2. The van der Waals surface area contributed by atoms with Crippen LogP contribution in [-0.2, 0) is 28.3 Å². The Balaban J connectivity index is 1.35. The highest BCUT2D eigenvalue weighted by Crippen LogP contribution is 2.48. The molecule has 1 saturated heterocycles. The molecule has 5 rings (SSSR count). The third-order valence-corrected chi connectivity index (χ3v) is 7.21. The molecule has 7 nitrogen and oxygen atoms in total. The molecule has 36 heavy (non-hydrogen) atoms. The fraction of sp³-hybridized carbons (Fsp3) is 0.286. The molecule has 3 aromatic rings. The second kappa shape index (κ2) is 9.89. The minimum absolute atomic E-state index is 0.234. The van der Waals surface area contributed by atoms with Crippen molar-refractivity contribution in [1.82, 2.24) is 15.4 Å². The van der Waals surface area contributed by atoms with Gasteiger partial charge in [-0.2, -0.15) is 0 Å². The molecule has 0 spiro atoms. The van der Waals surface area contributed by atoms with Gasteiger partial charge in [-0.15, -0.1) is 0 Å². The highest BCUT2D eigenvalue weighted by molar-refractivity contribution is 6.45. The molecular weight excluding hydrogens is 453 g/mol. The first-order valence-corrected chi connectivity index (χ1v) is 12.4. The zero-order valence-corrected chi connectivity index (χ0v) is 20.3. The van der Waals surface area contributed by atoms with Gasteiger partial charge in [-0.3, -0.25) is 9.59 Å². The number of nitrogens with zero attached hydrogens (tertiary/aromatic N) is 1. The largest absolute Gasteiger partial charge is 0.437 e. The van der Waals surface area contributed by atoms with Crippen LogP contribution in [0.4, 0.5) is 0 Å². The van der Waals surface area contributed by atoms with Crippen molar-refractivity contribution in [3.8, 4) is 11.1 Å². The highest BCUT2D eigenvalue weighted by atomic mass is 16.3. The SMILES string of the molecule is CB(O)NCc1ccccc1CNC(=O)[C@@H]1CCCN1C(=O)C1(O)c2ccccc2-c2ccccc21. The summed E-state index contributed by atoms with van der Waals surface area (Å²) in [5.74, 6) is -0.693. The van der Waals surface area contributed by atoms with Crippen LogP contribution in [0.1, 0.15) is 35.1 Å². The lowest BCUT2D eigenvalue weighted by atomic mass is 9.88. The molecule has 1 aliphatic heterocycles. The minimum Gasteiger partial charge on any atom is -0.437 e. The summed E-state index contributed by atoms with van der Waals surface area (Å²) < 4.78 is 0. The number of hydrogen-bond acceptors (Lipinski definition) is 5. The van der Waals surface area contributed by atoms with Crippen LogP contribution in [0.2, 0.25) is 6.82 Å². The van der Waals surface area contributed by atoms with Crippen molar-refractivity contribution >= 4 is 18.9 Å². The summed E-state index contributed by atoms with van der Waals surface area (Å²) in [4.78, 5) is 28.8. The average molecular weight is 483 g/mol. The number of hydrogen-bond donors (Lipinski definition) is 4. The van der Waals surface area contributed by atoms with E-state index in [9.17, 15) is 19.7 Å². The lowest BCUT2D eigenvalue weighted by Gasteiger charge is -2.33. The number of carbonyl (C=O) groups is 2. The molecule has 2 amide bonds. The summed E-state index contributed by atoms with van der Waals surface area (Å²) >= 11 is 0. The van der Waals surface area contributed by atoms with E-state index >= 15 is 0 Å². The molecule has 184 valence electrons. The van der Waals surface area contributed by atoms with Crippen molar-refractivity contribution < 1.29 is 19.7 Å². The summed E-state index contributed by atoms with van der Waals surface area (Å²) in [7, 11) is -0.637. The van der Waals surface area contributed by atoms with Crippen molar-refractivity contribution in [1.29, 1.82) is 0 Å². The number of rotatable bonds is 7. The van der Waals surface area contributed by atoms with Gasteiger partial charge in [0.25, 0.3) is 5.91 Å². The summed E-state index contributed by atoms with van der Waals surface area (Å²) in [6, 6.07) is 21.9. The highest BCUT2D eigenvalue weighted by Gasteiger charge is 2.52. The first-order chi connectivity index (χ1) is 17.4. The van der Waals surface area contributed by atoms with E-state index in [0.29, 0.717) is 43.6 Å². The van der Waals surface area contributed by atoms with Gasteiger partial charge in [0.1, 0.15) is 6.04 Å². The Hall–Kier alpha value is -3.46. The van der Waals surface area contributed by atoms with Gasteiger partial charge in [0.15, 0.2) is 5.60 Å². The van der Waals surface area contributed by atoms with Gasteiger partial charge in [0, 0.05) is 30.8 Å². The fourth-order valence-electron chi connectivity index (χ4n) is 5.39. The Labute approximate surface area is 211 Å². The molecule has 0 saturated carbocycles. The zero-order chi connectivity index (χ0) is 25.3. The maximum Gasteiger partial charge on any atom is 0.373 e. The maximum atomic E-state index is 14.0. The quantitative estimate of drug-likeness (QED) is 0.387. The summed E-state index contributed by atoms with van der Waals surface area (Å²) in [6.45, 7) is 2.86. The van der Waals surface area contributed by atoms with Crippen LogP contribution in [-0.4, -0.2) is 46.5 Å². The Morgan fingerprint density at radius 3 is 2.11 bits per heavy atom.